The van der Waals surface area contributed by atoms with Gasteiger partial charge in [0.2, 0.25) is 0 Å². The second-order valence-corrected chi connectivity index (χ2v) is 9.46. The van der Waals surface area contributed by atoms with Gasteiger partial charge in [0.1, 0.15) is 12.1 Å². The third-order valence-corrected chi connectivity index (χ3v) is 6.86. The molecule has 0 saturated carbocycles. The van der Waals surface area contributed by atoms with Gasteiger partial charge in [-0.15, -0.1) is 0 Å². The Bertz CT molecular complexity index is 1070. The maximum atomic E-state index is 12.3. The first-order valence-electron chi connectivity index (χ1n) is 9.80. The fourth-order valence-electron chi connectivity index (χ4n) is 2.53. The molecule has 4 N–H and O–H groups in total. The van der Waals surface area contributed by atoms with Gasteiger partial charge in [0.25, 0.3) is 23.2 Å². The number of carbonyl (C=O) groups excluding carboxylic acids is 2. The number of nitrogens with zero attached hydrogens (tertiary/aromatic N) is 2. The highest BCUT2D eigenvalue weighted by atomic mass is 33.1. The standard InChI is InChI=1S/C20H18N4O10S2/c25-17(11-1-5-13(6-2-11)23(31)32)21-15(19(27)28)9-35-36-10-16(20(29)30)22-18(26)12-3-7-14(8-4-12)24(33)34/h1-8,15-16H,9-10H2,(H,21,25)(H,22,26)(H,27,28)(H,29,30). The average molecular weight is 539 g/mol. The molecule has 2 amide bonds. The lowest BCUT2D eigenvalue weighted by molar-refractivity contribution is -0.385. The predicted octanol–water partition coefficient (Wildman–Crippen LogP) is 1.95. The lowest BCUT2D eigenvalue weighted by Crippen LogP contribution is -2.43. The van der Waals surface area contributed by atoms with E-state index in [0.29, 0.717) is 0 Å². The number of benzene rings is 2. The summed E-state index contributed by atoms with van der Waals surface area (Å²) in [7, 11) is 1.90. The highest BCUT2D eigenvalue weighted by Crippen LogP contribution is 2.24. The molecule has 0 bridgehead atoms. The van der Waals surface area contributed by atoms with Gasteiger partial charge in [-0.2, -0.15) is 0 Å². The summed E-state index contributed by atoms with van der Waals surface area (Å²) in [5, 5.41) is 44.7. The van der Waals surface area contributed by atoms with E-state index in [-0.39, 0.29) is 34.0 Å². The molecule has 0 saturated heterocycles. The molecule has 0 aliphatic carbocycles. The van der Waals surface area contributed by atoms with Crippen molar-refractivity contribution in [2.75, 3.05) is 11.5 Å². The highest BCUT2D eigenvalue weighted by molar-refractivity contribution is 8.76. The zero-order valence-corrected chi connectivity index (χ0v) is 19.7. The Balaban J connectivity index is 1.88. The summed E-state index contributed by atoms with van der Waals surface area (Å²) in [5.41, 5.74) is -0.433. The van der Waals surface area contributed by atoms with Gasteiger partial charge in [0, 0.05) is 46.9 Å². The van der Waals surface area contributed by atoms with Crippen LogP contribution >= 0.6 is 21.6 Å². The molecule has 0 heterocycles. The summed E-state index contributed by atoms with van der Waals surface area (Å²) < 4.78 is 0. The first-order chi connectivity index (χ1) is 17.0. The molecule has 2 aromatic rings. The third kappa shape index (κ3) is 8.24. The number of aliphatic carboxylic acids is 2. The van der Waals surface area contributed by atoms with E-state index in [9.17, 15) is 49.6 Å². The summed E-state index contributed by atoms with van der Waals surface area (Å²) in [5.74, 6) is -4.52. The minimum atomic E-state index is -1.35. The first kappa shape index (κ1) is 28.1. The topological polar surface area (TPSA) is 219 Å². The third-order valence-electron chi connectivity index (χ3n) is 4.44. The van der Waals surface area contributed by atoms with Gasteiger partial charge in [-0.05, 0) is 24.3 Å². The van der Waals surface area contributed by atoms with Crippen LogP contribution in [0.25, 0.3) is 0 Å². The van der Waals surface area contributed by atoms with Crippen molar-refractivity contribution in [3.8, 4) is 0 Å². The molecular weight excluding hydrogens is 520 g/mol. The van der Waals surface area contributed by atoms with E-state index in [0.717, 1.165) is 45.9 Å². The number of hydrogen-bond acceptors (Lipinski definition) is 10. The summed E-state index contributed by atoms with van der Waals surface area (Å²) in [4.78, 5) is 67.6. The number of carboxylic acid groups (broad SMARTS) is 2. The van der Waals surface area contributed by atoms with Gasteiger partial charge in [-0.3, -0.25) is 29.8 Å². The fraction of sp³-hybridized carbons (Fsp3) is 0.200. The summed E-state index contributed by atoms with van der Waals surface area (Å²) >= 11 is 0. The monoisotopic (exact) mass is 538 g/mol. The minimum Gasteiger partial charge on any atom is -0.480 e. The van der Waals surface area contributed by atoms with Crippen molar-refractivity contribution in [2.24, 2.45) is 0 Å². The Kier molecular flexibility index (Phi) is 10.2. The Morgan fingerprint density at radius 2 is 1.00 bits per heavy atom. The lowest BCUT2D eigenvalue weighted by Gasteiger charge is -2.16. The molecule has 0 radical (unpaired) electrons. The van der Waals surface area contributed by atoms with E-state index in [1.165, 1.54) is 24.3 Å². The van der Waals surface area contributed by atoms with E-state index in [2.05, 4.69) is 10.6 Å². The molecule has 14 nitrogen and oxygen atoms in total. The molecule has 0 aliphatic rings. The number of nitro groups is 2. The number of carbonyl (C=O) groups is 4. The van der Waals surface area contributed by atoms with Gasteiger partial charge in [-0.1, -0.05) is 21.6 Å². The summed E-state index contributed by atoms with van der Waals surface area (Å²) in [6.07, 6.45) is 0. The average Bonchev–Trinajstić information content (AvgIpc) is 2.84. The molecular formula is C20H18N4O10S2. The fourth-order valence-corrected chi connectivity index (χ4v) is 4.84. The molecule has 16 heteroatoms. The van der Waals surface area contributed by atoms with E-state index in [1.807, 2.05) is 0 Å². The molecule has 2 unspecified atom stereocenters. The summed E-state index contributed by atoms with van der Waals surface area (Å²) in [6, 6.07) is 6.44. The number of nitro benzene ring substituents is 2. The molecule has 2 rings (SSSR count). The van der Waals surface area contributed by atoms with Crippen LogP contribution in [0.1, 0.15) is 20.7 Å². The highest BCUT2D eigenvalue weighted by Gasteiger charge is 2.24. The molecule has 0 spiro atoms. The smallest absolute Gasteiger partial charge is 0.327 e. The van der Waals surface area contributed by atoms with Crippen molar-refractivity contribution < 1.29 is 39.2 Å². The van der Waals surface area contributed by atoms with Crippen molar-refractivity contribution in [3.63, 3.8) is 0 Å². The van der Waals surface area contributed by atoms with Crippen molar-refractivity contribution in [2.45, 2.75) is 12.1 Å². The van der Waals surface area contributed by atoms with Crippen LogP contribution in [0.5, 0.6) is 0 Å². The molecule has 36 heavy (non-hydrogen) atoms. The number of nitrogens with one attached hydrogen (secondary N) is 2. The molecule has 0 aliphatic heterocycles. The zero-order valence-electron chi connectivity index (χ0n) is 18.1. The van der Waals surface area contributed by atoms with Crippen LogP contribution < -0.4 is 10.6 Å². The lowest BCUT2D eigenvalue weighted by atomic mass is 10.2. The molecule has 2 aromatic carbocycles. The van der Waals surface area contributed by atoms with Gasteiger partial charge in [0.15, 0.2) is 0 Å². The number of carboxylic acids is 2. The Morgan fingerprint density at radius 3 is 1.25 bits per heavy atom. The van der Waals surface area contributed by atoms with Crippen molar-refractivity contribution in [1.82, 2.24) is 10.6 Å². The van der Waals surface area contributed by atoms with Crippen molar-refractivity contribution in [3.05, 3.63) is 79.9 Å². The number of rotatable bonds is 13. The van der Waals surface area contributed by atoms with Crippen LogP contribution in [0.15, 0.2) is 48.5 Å². The van der Waals surface area contributed by atoms with Crippen LogP contribution in [0, 0.1) is 20.2 Å². The molecule has 0 aromatic heterocycles. The van der Waals surface area contributed by atoms with Crippen LogP contribution in [-0.4, -0.2) is 67.4 Å². The number of hydrogen-bond donors (Lipinski definition) is 4. The number of non-ortho nitro benzene ring substituents is 2. The van der Waals surface area contributed by atoms with E-state index in [4.69, 9.17) is 0 Å². The number of amides is 2. The Morgan fingerprint density at radius 1 is 0.694 bits per heavy atom. The van der Waals surface area contributed by atoms with Crippen LogP contribution in [-0.2, 0) is 9.59 Å². The van der Waals surface area contributed by atoms with Crippen LogP contribution in [0.4, 0.5) is 11.4 Å². The van der Waals surface area contributed by atoms with E-state index >= 15 is 0 Å². The van der Waals surface area contributed by atoms with Gasteiger partial charge in [0.05, 0.1) is 9.85 Å². The van der Waals surface area contributed by atoms with E-state index in [1.54, 1.807) is 0 Å². The Labute approximate surface area is 210 Å². The normalized spacial score (nSPS) is 12.1. The largest absolute Gasteiger partial charge is 0.480 e. The second kappa shape index (κ2) is 13.1. The SMILES string of the molecule is O=C(NC(CSSCC(NC(=O)c1ccc([N+](=O)[O-])cc1)C(=O)O)C(=O)O)c1ccc([N+](=O)[O-])cc1. The maximum Gasteiger partial charge on any atom is 0.327 e. The predicted molar refractivity (Wildman–Crippen MR) is 129 cm³/mol. The molecule has 2 atom stereocenters. The van der Waals surface area contributed by atoms with E-state index < -0.39 is 45.7 Å². The minimum absolute atomic E-state index is 0.0180. The molecule has 190 valence electrons. The van der Waals surface area contributed by atoms with Gasteiger partial charge in [-0.25, -0.2) is 9.59 Å². The quantitative estimate of drug-likeness (QED) is 0.124. The maximum absolute atomic E-state index is 12.3. The zero-order chi connectivity index (χ0) is 26.8. The first-order valence-corrected chi connectivity index (χ1v) is 12.3. The van der Waals surface area contributed by atoms with Crippen molar-refractivity contribution >= 4 is 56.7 Å². The molecule has 0 fully saturated rings. The second-order valence-electron chi connectivity index (χ2n) is 6.91. The summed E-state index contributed by atoms with van der Waals surface area (Å²) in [6.45, 7) is 0. The van der Waals surface area contributed by atoms with Crippen molar-refractivity contribution in [1.29, 1.82) is 0 Å². The van der Waals surface area contributed by atoms with Gasteiger partial charge < -0.3 is 20.8 Å². The van der Waals surface area contributed by atoms with Crippen LogP contribution in [0.2, 0.25) is 0 Å². The van der Waals surface area contributed by atoms with Gasteiger partial charge >= 0.3 is 11.9 Å². The Hall–Kier alpha value is -4.18. The van der Waals surface area contributed by atoms with Crippen LogP contribution in [0.3, 0.4) is 0 Å².